The molecule has 0 aliphatic carbocycles. The van der Waals surface area contributed by atoms with E-state index >= 15 is 0 Å². The van der Waals surface area contributed by atoms with Crippen LogP contribution in [0.25, 0.3) is 76.5 Å². The molecule has 0 fully saturated rings. The average molecular weight is 514 g/mol. The summed E-state index contributed by atoms with van der Waals surface area (Å²) in [6.07, 6.45) is 0. The van der Waals surface area contributed by atoms with E-state index in [1.807, 2.05) is 12.1 Å². The van der Waals surface area contributed by atoms with Gasteiger partial charge >= 0.3 is 0 Å². The Hall–Kier alpha value is -4.88. The summed E-state index contributed by atoms with van der Waals surface area (Å²) in [5.74, 6) is 0.441. The molecule has 8 rings (SSSR count). The third kappa shape index (κ3) is 3.41. The Kier molecular flexibility index (Phi) is 4.85. The zero-order chi connectivity index (χ0) is 27.7. The van der Waals surface area contributed by atoms with Gasteiger partial charge in [-0.1, -0.05) is 123 Å². The summed E-state index contributed by atoms with van der Waals surface area (Å²) in [6, 6.07) is 43.7. The Bertz CT molecular complexity index is 2250. The zero-order valence-corrected chi connectivity index (χ0v) is 22.5. The van der Waals surface area contributed by atoms with Crippen LogP contribution in [-0.2, 0) is 0 Å². The van der Waals surface area contributed by atoms with E-state index in [4.69, 9.17) is 5.79 Å². The number of furan rings is 1. The summed E-state index contributed by atoms with van der Waals surface area (Å²) in [7, 11) is 0. The van der Waals surface area contributed by atoms with Crippen molar-refractivity contribution >= 4 is 54.3 Å². The minimum absolute atomic E-state index is 0.441. The highest BCUT2D eigenvalue weighted by atomic mass is 16.3. The van der Waals surface area contributed by atoms with Crippen LogP contribution in [0.2, 0.25) is 0 Å². The predicted molar refractivity (Wildman–Crippen MR) is 171 cm³/mol. The highest BCUT2D eigenvalue weighted by molar-refractivity contribution is 6.25. The van der Waals surface area contributed by atoms with Crippen LogP contribution in [-0.4, -0.2) is 0 Å². The maximum absolute atomic E-state index is 8.03. The lowest BCUT2D eigenvalue weighted by Gasteiger charge is -2.18. The van der Waals surface area contributed by atoms with E-state index in [-0.39, 0.29) is 0 Å². The molecule has 0 amide bonds. The fourth-order valence-electron chi connectivity index (χ4n) is 6.42. The molecule has 1 nitrogen and oxygen atoms in total. The summed E-state index contributed by atoms with van der Waals surface area (Å²) >= 11 is 0. The largest absolute Gasteiger partial charge is 0.456 e. The quantitative estimate of drug-likeness (QED) is 0.214. The van der Waals surface area contributed by atoms with Crippen LogP contribution in [0.4, 0.5) is 0 Å². The van der Waals surface area contributed by atoms with Gasteiger partial charge in [0.1, 0.15) is 11.2 Å². The van der Waals surface area contributed by atoms with E-state index in [0.29, 0.717) is 12.0 Å². The summed E-state index contributed by atoms with van der Waals surface area (Å²) in [5, 5.41) is 9.45. The molecule has 190 valence electrons. The Morgan fingerprint density at radius 2 is 1.27 bits per heavy atom. The molecule has 0 bridgehead atoms. The molecule has 0 aliphatic heterocycles. The van der Waals surface area contributed by atoms with Crippen LogP contribution >= 0.6 is 0 Å². The highest BCUT2D eigenvalue weighted by Gasteiger charge is 2.20. The Balaban J connectivity index is 1.48. The lowest BCUT2D eigenvalue weighted by Crippen LogP contribution is -1.91. The van der Waals surface area contributed by atoms with Crippen molar-refractivity contribution in [1.29, 1.82) is 0 Å². The van der Waals surface area contributed by atoms with Crippen molar-refractivity contribution in [2.75, 3.05) is 0 Å². The SMILES string of the molecule is [2H]c1ccc2cc(-c3c4ccccc4c(-c4cccc5oc6cc(C(C)C)ccc6c45)c4ccccc34)ccc2c1. The van der Waals surface area contributed by atoms with Gasteiger partial charge in [0, 0.05) is 10.8 Å². The standard InChI is InChI=1S/C39H28O/c1-24(2)26-20-21-33-36(23-26)40-35-17-9-16-34(39(33)35)38-31-14-7-5-12-29(31)37(30-13-6-8-15-32(30)38)28-19-18-25-10-3-4-11-27(25)22-28/h3-24H,1-2H3/i3D. The number of hydrogen-bond acceptors (Lipinski definition) is 1. The minimum atomic E-state index is 0.441. The molecule has 7 aromatic carbocycles. The van der Waals surface area contributed by atoms with Gasteiger partial charge in [-0.15, -0.1) is 0 Å². The molecule has 0 aliphatic rings. The van der Waals surface area contributed by atoms with Gasteiger partial charge in [-0.25, -0.2) is 0 Å². The van der Waals surface area contributed by atoms with Gasteiger partial charge in [0.15, 0.2) is 0 Å². The fraction of sp³-hybridized carbons (Fsp3) is 0.0769. The summed E-state index contributed by atoms with van der Waals surface area (Å²) in [4.78, 5) is 0. The summed E-state index contributed by atoms with van der Waals surface area (Å²) in [6.45, 7) is 4.44. The molecule has 1 heterocycles. The van der Waals surface area contributed by atoms with E-state index < -0.39 is 0 Å². The van der Waals surface area contributed by atoms with E-state index in [9.17, 15) is 0 Å². The molecular formula is C39H28O. The first kappa shape index (κ1) is 22.0. The maximum atomic E-state index is 8.03. The first-order valence-corrected chi connectivity index (χ1v) is 14.0. The topological polar surface area (TPSA) is 13.1 Å². The van der Waals surface area contributed by atoms with Gasteiger partial charge in [-0.2, -0.15) is 0 Å². The number of hydrogen-bond donors (Lipinski definition) is 0. The van der Waals surface area contributed by atoms with Crippen LogP contribution in [0.3, 0.4) is 0 Å². The zero-order valence-electron chi connectivity index (χ0n) is 23.5. The maximum Gasteiger partial charge on any atom is 0.136 e. The summed E-state index contributed by atoms with van der Waals surface area (Å²) in [5.41, 5.74) is 7.99. The van der Waals surface area contributed by atoms with Gasteiger partial charge in [0.25, 0.3) is 0 Å². The Labute approximate surface area is 234 Å². The second kappa shape index (κ2) is 8.83. The van der Waals surface area contributed by atoms with Crippen LogP contribution in [0.15, 0.2) is 132 Å². The first-order chi connectivity index (χ1) is 20.1. The normalized spacial score (nSPS) is 12.3. The Morgan fingerprint density at radius 1 is 0.550 bits per heavy atom. The van der Waals surface area contributed by atoms with Crippen molar-refractivity contribution in [3.05, 3.63) is 133 Å². The van der Waals surface area contributed by atoms with Gasteiger partial charge in [0.05, 0.1) is 1.37 Å². The second-order valence-electron chi connectivity index (χ2n) is 11.0. The molecule has 8 aromatic rings. The number of benzene rings is 7. The van der Waals surface area contributed by atoms with E-state index in [2.05, 4.69) is 123 Å². The van der Waals surface area contributed by atoms with Crippen LogP contribution in [0, 0.1) is 0 Å². The molecule has 0 spiro atoms. The van der Waals surface area contributed by atoms with Crippen molar-refractivity contribution in [2.24, 2.45) is 0 Å². The van der Waals surface area contributed by atoms with Crippen molar-refractivity contribution < 1.29 is 5.79 Å². The van der Waals surface area contributed by atoms with E-state index in [0.717, 1.165) is 32.7 Å². The predicted octanol–water partition coefficient (Wildman–Crippen LogP) is 11.5. The Morgan fingerprint density at radius 3 is 2.00 bits per heavy atom. The molecule has 0 saturated heterocycles. The smallest absolute Gasteiger partial charge is 0.136 e. The van der Waals surface area contributed by atoms with Crippen molar-refractivity contribution in [2.45, 2.75) is 19.8 Å². The summed E-state index contributed by atoms with van der Waals surface area (Å²) < 4.78 is 14.5. The first-order valence-electron chi connectivity index (χ1n) is 14.5. The molecular weight excluding hydrogens is 484 g/mol. The van der Waals surface area contributed by atoms with Gasteiger partial charge < -0.3 is 4.42 Å². The van der Waals surface area contributed by atoms with Crippen molar-refractivity contribution in [1.82, 2.24) is 0 Å². The van der Waals surface area contributed by atoms with Crippen LogP contribution in [0.5, 0.6) is 0 Å². The van der Waals surface area contributed by atoms with Gasteiger partial charge in [0.2, 0.25) is 0 Å². The van der Waals surface area contributed by atoms with Crippen molar-refractivity contribution in [3.63, 3.8) is 0 Å². The second-order valence-corrected chi connectivity index (χ2v) is 11.0. The number of fused-ring (bicyclic) bond motifs is 6. The molecule has 0 saturated carbocycles. The highest BCUT2D eigenvalue weighted by Crippen LogP contribution is 2.47. The van der Waals surface area contributed by atoms with E-state index in [1.165, 1.54) is 49.4 Å². The lowest BCUT2D eigenvalue weighted by atomic mass is 9.84. The van der Waals surface area contributed by atoms with Crippen LogP contribution in [0.1, 0.15) is 26.7 Å². The average Bonchev–Trinajstić information content (AvgIpc) is 3.38. The molecule has 0 N–H and O–H groups in total. The monoisotopic (exact) mass is 513 g/mol. The fourth-order valence-corrected chi connectivity index (χ4v) is 6.42. The number of rotatable bonds is 3. The minimum Gasteiger partial charge on any atom is -0.456 e. The molecule has 40 heavy (non-hydrogen) atoms. The van der Waals surface area contributed by atoms with Crippen LogP contribution < -0.4 is 0 Å². The van der Waals surface area contributed by atoms with Gasteiger partial charge in [-0.05, 0) is 84.3 Å². The van der Waals surface area contributed by atoms with E-state index in [1.54, 1.807) is 0 Å². The molecule has 1 heteroatoms. The van der Waals surface area contributed by atoms with Crippen molar-refractivity contribution in [3.8, 4) is 22.3 Å². The molecule has 0 radical (unpaired) electrons. The molecule has 1 aromatic heterocycles. The molecule has 0 unspecified atom stereocenters. The lowest BCUT2D eigenvalue weighted by molar-refractivity contribution is 0.667. The third-order valence-corrected chi connectivity index (χ3v) is 8.36. The third-order valence-electron chi connectivity index (χ3n) is 8.36. The molecule has 0 atom stereocenters. The van der Waals surface area contributed by atoms with Gasteiger partial charge in [-0.3, -0.25) is 0 Å².